The fourth-order valence-corrected chi connectivity index (χ4v) is 5.59. The molecule has 0 N–H and O–H groups in total. The minimum absolute atomic E-state index is 0.131. The first-order valence-electron chi connectivity index (χ1n) is 12.5. The summed E-state index contributed by atoms with van der Waals surface area (Å²) >= 11 is 1.62. The van der Waals surface area contributed by atoms with Crippen molar-refractivity contribution >= 4 is 22.7 Å². The number of benzene rings is 2. The zero-order valence-corrected chi connectivity index (χ0v) is 22.0. The molecule has 0 saturated heterocycles. The van der Waals surface area contributed by atoms with E-state index in [0.717, 1.165) is 38.7 Å². The number of rotatable bonds is 6. The average molecular weight is 534 g/mol. The SMILES string of the molecule is C/C(=N/OCc1nc2c3c(ncn2n1)Oc1c(c(C)nn1-c1ccccc1)[C@H]3c1ccccc1)c1cccs1. The maximum atomic E-state index is 6.46. The third-order valence-electron chi connectivity index (χ3n) is 6.67. The Kier molecular flexibility index (Phi) is 5.66. The first-order chi connectivity index (χ1) is 19.2. The van der Waals surface area contributed by atoms with Gasteiger partial charge in [-0.15, -0.1) is 16.4 Å². The molecule has 5 heterocycles. The Morgan fingerprint density at radius 3 is 2.56 bits per heavy atom. The van der Waals surface area contributed by atoms with Gasteiger partial charge in [-0.1, -0.05) is 59.8 Å². The van der Waals surface area contributed by atoms with E-state index in [-0.39, 0.29) is 12.5 Å². The topological polar surface area (TPSA) is 91.7 Å². The Bertz CT molecular complexity index is 1810. The lowest BCUT2D eigenvalue weighted by Crippen LogP contribution is -2.16. The van der Waals surface area contributed by atoms with Crippen molar-refractivity contribution in [3.8, 4) is 17.4 Å². The molecular weight excluding hydrogens is 510 g/mol. The quantitative estimate of drug-likeness (QED) is 0.195. The zero-order chi connectivity index (χ0) is 26.3. The van der Waals surface area contributed by atoms with Crippen molar-refractivity contribution in [3.63, 3.8) is 0 Å². The summed E-state index contributed by atoms with van der Waals surface area (Å²) in [5.74, 6) is 1.43. The number of aryl methyl sites for hydroxylation is 1. The lowest BCUT2D eigenvalue weighted by molar-refractivity contribution is 0.125. The Hall–Kier alpha value is -4.83. The predicted octanol–water partition coefficient (Wildman–Crippen LogP) is 5.91. The largest absolute Gasteiger partial charge is 0.420 e. The Balaban J connectivity index is 1.32. The highest BCUT2D eigenvalue weighted by atomic mass is 32.1. The monoisotopic (exact) mass is 533 g/mol. The average Bonchev–Trinajstić information content (AvgIpc) is 3.72. The Morgan fingerprint density at radius 1 is 1.00 bits per heavy atom. The number of nitrogens with zero attached hydrogens (tertiary/aromatic N) is 7. The van der Waals surface area contributed by atoms with Gasteiger partial charge in [-0.2, -0.15) is 5.10 Å². The lowest BCUT2D eigenvalue weighted by Gasteiger charge is -2.26. The van der Waals surface area contributed by atoms with Crippen molar-refractivity contribution in [1.82, 2.24) is 29.4 Å². The van der Waals surface area contributed by atoms with E-state index in [9.17, 15) is 0 Å². The molecule has 0 unspecified atom stereocenters. The molecule has 1 aliphatic rings. The number of para-hydroxylation sites is 1. The second-order valence-corrected chi connectivity index (χ2v) is 10.1. The first kappa shape index (κ1) is 23.3. The van der Waals surface area contributed by atoms with Crippen molar-refractivity contribution in [2.24, 2.45) is 5.16 Å². The van der Waals surface area contributed by atoms with Gasteiger partial charge in [0, 0.05) is 0 Å². The number of aromatic nitrogens is 6. The van der Waals surface area contributed by atoms with Gasteiger partial charge in [-0.05, 0) is 43.0 Å². The highest BCUT2D eigenvalue weighted by Crippen LogP contribution is 2.49. The number of thiophene rings is 1. The van der Waals surface area contributed by atoms with Crippen LogP contribution in [0, 0.1) is 6.92 Å². The minimum atomic E-state index is -0.198. The van der Waals surface area contributed by atoms with E-state index < -0.39 is 0 Å². The van der Waals surface area contributed by atoms with Crippen LogP contribution in [-0.4, -0.2) is 35.1 Å². The summed E-state index contributed by atoms with van der Waals surface area (Å²) < 4.78 is 9.98. The minimum Gasteiger partial charge on any atom is -0.420 e. The van der Waals surface area contributed by atoms with Crippen LogP contribution in [0.5, 0.6) is 11.8 Å². The van der Waals surface area contributed by atoms with Crippen LogP contribution in [0.3, 0.4) is 0 Å². The first-order valence-corrected chi connectivity index (χ1v) is 13.4. The fourth-order valence-electron chi connectivity index (χ4n) is 4.92. The van der Waals surface area contributed by atoms with Crippen molar-refractivity contribution in [3.05, 3.63) is 118 Å². The molecule has 0 spiro atoms. The zero-order valence-electron chi connectivity index (χ0n) is 21.2. The summed E-state index contributed by atoms with van der Waals surface area (Å²) in [6, 6.07) is 24.2. The highest BCUT2D eigenvalue weighted by molar-refractivity contribution is 7.12. The van der Waals surface area contributed by atoms with Crippen LogP contribution >= 0.6 is 11.3 Å². The van der Waals surface area contributed by atoms with Crippen LogP contribution in [0.25, 0.3) is 11.3 Å². The van der Waals surface area contributed by atoms with Gasteiger partial charge in [-0.3, -0.25) is 0 Å². The predicted molar refractivity (Wildman–Crippen MR) is 148 cm³/mol. The van der Waals surface area contributed by atoms with E-state index in [1.165, 1.54) is 0 Å². The molecule has 192 valence electrons. The van der Waals surface area contributed by atoms with Crippen molar-refractivity contribution in [1.29, 1.82) is 0 Å². The highest BCUT2D eigenvalue weighted by Gasteiger charge is 2.38. The summed E-state index contributed by atoms with van der Waals surface area (Å²) in [5.41, 5.74) is 6.15. The molecule has 1 aliphatic heterocycles. The van der Waals surface area contributed by atoms with Crippen LogP contribution in [0.1, 0.15) is 45.9 Å². The fraction of sp³-hybridized carbons (Fsp3) is 0.138. The number of fused-ring (bicyclic) bond motifs is 4. The van der Waals surface area contributed by atoms with Gasteiger partial charge in [-0.25, -0.2) is 19.2 Å². The van der Waals surface area contributed by atoms with Crippen LogP contribution in [0.4, 0.5) is 0 Å². The molecule has 0 aliphatic carbocycles. The number of ether oxygens (including phenoxy) is 1. The molecule has 0 bridgehead atoms. The van der Waals surface area contributed by atoms with Crippen molar-refractivity contribution in [2.45, 2.75) is 26.4 Å². The van der Waals surface area contributed by atoms with Gasteiger partial charge < -0.3 is 9.57 Å². The van der Waals surface area contributed by atoms with Crippen LogP contribution in [-0.2, 0) is 11.4 Å². The summed E-state index contributed by atoms with van der Waals surface area (Å²) in [5, 5.41) is 15.7. The van der Waals surface area contributed by atoms with E-state index in [1.54, 1.807) is 22.2 Å². The van der Waals surface area contributed by atoms with Gasteiger partial charge in [0.05, 0.1) is 39.0 Å². The van der Waals surface area contributed by atoms with Gasteiger partial charge in [0.15, 0.2) is 18.1 Å². The molecule has 0 fully saturated rings. The molecule has 4 aromatic heterocycles. The number of hydrogen-bond acceptors (Lipinski definition) is 8. The summed E-state index contributed by atoms with van der Waals surface area (Å²) in [7, 11) is 0. The summed E-state index contributed by atoms with van der Waals surface area (Å²) in [4.78, 5) is 16.2. The molecule has 2 aromatic carbocycles. The molecule has 9 nitrogen and oxygen atoms in total. The van der Waals surface area contributed by atoms with E-state index in [1.807, 2.05) is 84.6 Å². The molecule has 10 heteroatoms. The molecule has 6 aromatic rings. The van der Waals surface area contributed by atoms with E-state index in [0.29, 0.717) is 23.2 Å². The molecule has 1 atom stereocenters. The van der Waals surface area contributed by atoms with E-state index in [2.05, 4.69) is 27.4 Å². The van der Waals surface area contributed by atoms with E-state index in [4.69, 9.17) is 19.7 Å². The van der Waals surface area contributed by atoms with Gasteiger partial charge in [0.25, 0.3) is 0 Å². The standard InChI is InChI=1S/C29H23N7O2S/c1-18(22-14-9-15-39-22)34-37-16-23-31-27-26-25(20-10-5-3-6-11-20)24-19(2)32-36(21-12-7-4-8-13-21)29(24)38-28(26)30-17-35(27)33-23/h3-15,17,25H,16H2,1-2H3/b34-18-/t25-/m1/s1. The third kappa shape index (κ3) is 4.05. The Morgan fingerprint density at radius 2 is 1.79 bits per heavy atom. The van der Waals surface area contributed by atoms with Crippen LogP contribution in [0.2, 0.25) is 0 Å². The lowest BCUT2D eigenvalue weighted by atomic mass is 9.84. The molecule has 0 amide bonds. The molecule has 7 rings (SSSR count). The molecular formula is C29H23N7O2S. The van der Waals surface area contributed by atoms with Crippen molar-refractivity contribution in [2.75, 3.05) is 0 Å². The molecule has 0 saturated carbocycles. The summed E-state index contributed by atoms with van der Waals surface area (Å²) in [6.07, 6.45) is 1.62. The van der Waals surface area contributed by atoms with Crippen LogP contribution in [0.15, 0.2) is 89.7 Å². The Labute approximate surface area is 228 Å². The summed E-state index contributed by atoms with van der Waals surface area (Å²) in [6.45, 7) is 4.06. The second kappa shape index (κ2) is 9.48. The smallest absolute Gasteiger partial charge is 0.230 e. The normalized spacial score (nSPS) is 14.6. The van der Waals surface area contributed by atoms with Crippen LogP contribution < -0.4 is 4.74 Å². The van der Waals surface area contributed by atoms with E-state index >= 15 is 0 Å². The second-order valence-electron chi connectivity index (χ2n) is 9.18. The maximum Gasteiger partial charge on any atom is 0.230 e. The molecule has 0 radical (unpaired) electrons. The van der Waals surface area contributed by atoms with Gasteiger partial charge in [0.1, 0.15) is 6.33 Å². The molecule has 39 heavy (non-hydrogen) atoms. The maximum absolute atomic E-state index is 6.46. The van der Waals surface area contributed by atoms with Gasteiger partial charge >= 0.3 is 0 Å². The number of oxime groups is 1. The number of hydrogen-bond donors (Lipinski definition) is 0. The van der Waals surface area contributed by atoms with Gasteiger partial charge in [0.2, 0.25) is 11.8 Å². The van der Waals surface area contributed by atoms with Crippen molar-refractivity contribution < 1.29 is 9.57 Å². The third-order valence-corrected chi connectivity index (χ3v) is 7.65.